The Labute approximate surface area is 112 Å². The van der Waals surface area contributed by atoms with E-state index in [1.807, 2.05) is 31.2 Å². The van der Waals surface area contributed by atoms with Crippen LogP contribution in [-0.2, 0) is 6.61 Å². The summed E-state index contributed by atoms with van der Waals surface area (Å²) in [6.45, 7) is 2.41. The minimum absolute atomic E-state index is 0.0523. The maximum Gasteiger partial charge on any atom is 0.251 e. The minimum Gasteiger partial charge on any atom is -0.392 e. The minimum atomic E-state index is -0.118. The van der Waals surface area contributed by atoms with Crippen LogP contribution in [0.2, 0.25) is 0 Å². The quantitative estimate of drug-likeness (QED) is 0.879. The lowest BCUT2D eigenvalue weighted by molar-refractivity contribution is 0.0956. The first-order chi connectivity index (χ1) is 9.26. The number of aliphatic hydroxyl groups excluding tert-OH is 1. The number of carbonyl (C=O) groups is 1. The third-order valence-corrected chi connectivity index (χ3v) is 2.82. The van der Waals surface area contributed by atoms with E-state index in [2.05, 4.69) is 10.3 Å². The Morgan fingerprint density at radius 3 is 2.84 bits per heavy atom. The molecule has 0 aliphatic carbocycles. The summed E-state index contributed by atoms with van der Waals surface area (Å²) >= 11 is 0. The van der Waals surface area contributed by atoms with E-state index < -0.39 is 0 Å². The third kappa shape index (κ3) is 2.98. The van der Waals surface area contributed by atoms with Gasteiger partial charge in [0.05, 0.1) is 12.3 Å². The second-order valence-corrected chi connectivity index (χ2v) is 4.10. The van der Waals surface area contributed by atoms with Crippen LogP contribution < -0.4 is 5.32 Å². The highest BCUT2D eigenvalue weighted by Crippen LogP contribution is 2.22. The molecule has 0 aliphatic heterocycles. The van der Waals surface area contributed by atoms with Gasteiger partial charge in [-0.15, -0.1) is 0 Å². The maximum atomic E-state index is 11.8. The highest BCUT2D eigenvalue weighted by molar-refractivity contribution is 5.95. The molecule has 0 aliphatic rings. The van der Waals surface area contributed by atoms with E-state index >= 15 is 0 Å². The van der Waals surface area contributed by atoms with Gasteiger partial charge in [0.2, 0.25) is 0 Å². The molecule has 0 saturated carbocycles. The summed E-state index contributed by atoms with van der Waals surface area (Å²) in [7, 11) is 0. The molecule has 2 aromatic rings. The largest absolute Gasteiger partial charge is 0.392 e. The number of nitrogens with zero attached hydrogens (tertiary/aromatic N) is 1. The van der Waals surface area contributed by atoms with Crippen molar-refractivity contribution in [3.63, 3.8) is 0 Å². The van der Waals surface area contributed by atoms with E-state index in [1.54, 1.807) is 18.3 Å². The molecular weight excluding hydrogens is 240 g/mol. The second kappa shape index (κ2) is 6.11. The van der Waals surface area contributed by atoms with Crippen LogP contribution in [0.25, 0.3) is 11.3 Å². The maximum absolute atomic E-state index is 11.8. The van der Waals surface area contributed by atoms with Crippen LogP contribution in [0.3, 0.4) is 0 Å². The molecule has 0 unspecified atom stereocenters. The number of carbonyl (C=O) groups excluding carboxylic acids is 1. The summed E-state index contributed by atoms with van der Waals surface area (Å²) in [5.74, 6) is -0.118. The van der Waals surface area contributed by atoms with E-state index in [9.17, 15) is 9.90 Å². The van der Waals surface area contributed by atoms with E-state index in [0.29, 0.717) is 17.8 Å². The standard InChI is InChI=1S/C15H16N2O2/c1-2-16-15(19)11-7-8-17-14(9-11)13-6-4-3-5-12(13)10-18/h3-9,18H,2,10H2,1H3,(H,16,19). The van der Waals surface area contributed by atoms with Gasteiger partial charge in [-0.3, -0.25) is 9.78 Å². The summed E-state index contributed by atoms with van der Waals surface area (Å²) in [6.07, 6.45) is 1.61. The van der Waals surface area contributed by atoms with E-state index in [0.717, 1.165) is 11.1 Å². The Bertz CT molecular complexity index is 582. The van der Waals surface area contributed by atoms with Gasteiger partial charge in [-0.2, -0.15) is 0 Å². The lowest BCUT2D eigenvalue weighted by Gasteiger charge is -2.08. The molecule has 0 spiro atoms. The van der Waals surface area contributed by atoms with Crippen LogP contribution in [0, 0.1) is 0 Å². The van der Waals surface area contributed by atoms with Crippen molar-refractivity contribution in [2.75, 3.05) is 6.54 Å². The fourth-order valence-electron chi connectivity index (χ4n) is 1.89. The van der Waals surface area contributed by atoms with Crippen molar-refractivity contribution >= 4 is 5.91 Å². The van der Waals surface area contributed by atoms with Gasteiger partial charge < -0.3 is 10.4 Å². The lowest BCUT2D eigenvalue weighted by Crippen LogP contribution is -2.22. The van der Waals surface area contributed by atoms with Gasteiger partial charge in [0.25, 0.3) is 5.91 Å². The topological polar surface area (TPSA) is 62.2 Å². The van der Waals surface area contributed by atoms with Gasteiger partial charge in [-0.1, -0.05) is 24.3 Å². The van der Waals surface area contributed by atoms with Crippen LogP contribution >= 0.6 is 0 Å². The average Bonchev–Trinajstić information content (AvgIpc) is 2.47. The first-order valence-corrected chi connectivity index (χ1v) is 6.19. The van der Waals surface area contributed by atoms with Crippen molar-refractivity contribution in [2.45, 2.75) is 13.5 Å². The van der Waals surface area contributed by atoms with Crippen molar-refractivity contribution in [1.82, 2.24) is 10.3 Å². The summed E-state index contributed by atoms with van der Waals surface area (Å²) in [5.41, 5.74) is 2.90. The number of pyridine rings is 1. The zero-order valence-electron chi connectivity index (χ0n) is 10.8. The first kappa shape index (κ1) is 13.2. The molecule has 1 amide bonds. The number of aliphatic hydroxyl groups is 1. The van der Waals surface area contributed by atoms with Crippen LogP contribution in [0.15, 0.2) is 42.6 Å². The van der Waals surface area contributed by atoms with Crippen LogP contribution in [0.5, 0.6) is 0 Å². The number of rotatable bonds is 4. The number of hydrogen-bond acceptors (Lipinski definition) is 3. The van der Waals surface area contributed by atoms with Crippen molar-refractivity contribution in [1.29, 1.82) is 0 Å². The number of hydrogen-bond donors (Lipinski definition) is 2. The SMILES string of the molecule is CCNC(=O)c1ccnc(-c2ccccc2CO)c1. The highest BCUT2D eigenvalue weighted by atomic mass is 16.3. The number of nitrogens with one attached hydrogen (secondary N) is 1. The van der Waals surface area contributed by atoms with Crippen molar-refractivity contribution < 1.29 is 9.90 Å². The summed E-state index contributed by atoms with van der Waals surface area (Å²) in [6, 6.07) is 10.9. The Hall–Kier alpha value is -2.20. The van der Waals surface area contributed by atoms with E-state index in [4.69, 9.17) is 0 Å². The predicted octanol–water partition coefficient (Wildman–Crippen LogP) is 1.99. The second-order valence-electron chi connectivity index (χ2n) is 4.10. The Balaban J connectivity index is 2.40. The molecule has 0 bridgehead atoms. The molecule has 2 N–H and O–H groups in total. The Kier molecular flexibility index (Phi) is 4.26. The molecule has 4 heteroatoms. The monoisotopic (exact) mass is 256 g/mol. The fraction of sp³-hybridized carbons (Fsp3) is 0.200. The van der Waals surface area contributed by atoms with Gasteiger partial charge in [-0.25, -0.2) is 0 Å². The molecule has 0 radical (unpaired) electrons. The van der Waals surface area contributed by atoms with Gasteiger partial charge >= 0.3 is 0 Å². The zero-order valence-corrected chi connectivity index (χ0v) is 10.8. The number of amides is 1. The van der Waals surface area contributed by atoms with Crippen LogP contribution in [0.1, 0.15) is 22.8 Å². The first-order valence-electron chi connectivity index (χ1n) is 6.19. The normalized spacial score (nSPS) is 10.2. The zero-order chi connectivity index (χ0) is 13.7. The molecule has 0 fully saturated rings. The number of benzene rings is 1. The lowest BCUT2D eigenvalue weighted by atomic mass is 10.0. The van der Waals surface area contributed by atoms with Crippen molar-refractivity contribution in [2.24, 2.45) is 0 Å². The van der Waals surface area contributed by atoms with Gasteiger partial charge in [0.1, 0.15) is 0 Å². The molecule has 0 atom stereocenters. The summed E-state index contributed by atoms with van der Waals surface area (Å²) in [5, 5.41) is 12.1. The van der Waals surface area contributed by atoms with Gasteiger partial charge in [0, 0.05) is 23.9 Å². The molecule has 0 saturated heterocycles. The Morgan fingerprint density at radius 2 is 2.11 bits per heavy atom. The molecular formula is C15H16N2O2. The summed E-state index contributed by atoms with van der Waals surface area (Å²) in [4.78, 5) is 16.1. The molecule has 1 aromatic carbocycles. The fourth-order valence-corrected chi connectivity index (χ4v) is 1.89. The van der Waals surface area contributed by atoms with Crippen molar-refractivity contribution in [3.8, 4) is 11.3 Å². The van der Waals surface area contributed by atoms with Gasteiger partial charge in [-0.05, 0) is 24.6 Å². The Morgan fingerprint density at radius 1 is 1.32 bits per heavy atom. The van der Waals surface area contributed by atoms with Crippen molar-refractivity contribution in [3.05, 3.63) is 53.7 Å². The molecule has 2 rings (SSSR count). The average molecular weight is 256 g/mol. The third-order valence-electron chi connectivity index (χ3n) is 2.82. The predicted molar refractivity (Wildman–Crippen MR) is 73.6 cm³/mol. The van der Waals surface area contributed by atoms with Gasteiger partial charge in [0.15, 0.2) is 0 Å². The van der Waals surface area contributed by atoms with E-state index in [1.165, 1.54) is 0 Å². The van der Waals surface area contributed by atoms with Crippen LogP contribution in [0.4, 0.5) is 0 Å². The molecule has 1 heterocycles. The summed E-state index contributed by atoms with van der Waals surface area (Å²) < 4.78 is 0. The number of aromatic nitrogens is 1. The molecule has 4 nitrogen and oxygen atoms in total. The molecule has 98 valence electrons. The van der Waals surface area contributed by atoms with Crippen LogP contribution in [-0.4, -0.2) is 22.5 Å². The highest BCUT2D eigenvalue weighted by Gasteiger charge is 2.09. The smallest absolute Gasteiger partial charge is 0.251 e. The van der Waals surface area contributed by atoms with E-state index in [-0.39, 0.29) is 12.5 Å². The molecule has 1 aromatic heterocycles. The molecule has 19 heavy (non-hydrogen) atoms.